The Morgan fingerprint density at radius 2 is 2.11 bits per heavy atom. The second-order valence-electron chi connectivity index (χ2n) is 4.40. The molecule has 1 rings (SSSR count). The lowest BCUT2D eigenvalue weighted by molar-refractivity contribution is 0.208. The van der Waals surface area contributed by atoms with E-state index in [2.05, 4.69) is 4.72 Å². The fourth-order valence-electron chi connectivity index (χ4n) is 1.21. The first-order valence-corrected chi connectivity index (χ1v) is 6.55. The van der Waals surface area contributed by atoms with Crippen molar-refractivity contribution in [2.45, 2.75) is 24.3 Å². The van der Waals surface area contributed by atoms with Gasteiger partial charge in [0.25, 0.3) is 0 Å². The summed E-state index contributed by atoms with van der Waals surface area (Å²) in [5.41, 5.74) is -1.39. The zero-order chi connectivity index (χ0) is 14.0. The Balaban J connectivity index is 3.19. The van der Waals surface area contributed by atoms with Crippen molar-refractivity contribution in [3.05, 3.63) is 29.6 Å². The fourth-order valence-corrected chi connectivity index (χ4v) is 2.64. The third-order valence-corrected chi connectivity index (χ3v) is 3.87. The van der Waals surface area contributed by atoms with Gasteiger partial charge >= 0.3 is 0 Å². The van der Waals surface area contributed by atoms with Crippen molar-refractivity contribution in [2.24, 2.45) is 0 Å². The molecule has 7 heteroatoms. The molecule has 18 heavy (non-hydrogen) atoms. The quantitative estimate of drug-likeness (QED) is 0.846. The zero-order valence-electron chi connectivity index (χ0n) is 9.94. The average molecular weight is 272 g/mol. The third-order valence-electron chi connectivity index (χ3n) is 2.17. The Kier molecular flexibility index (Phi) is 4.06. The molecule has 0 heterocycles. The highest BCUT2D eigenvalue weighted by atomic mass is 32.2. The predicted octanol–water partition coefficient (Wildman–Crippen LogP) is 0.747. The lowest BCUT2D eigenvalue weighted by Gasteiger charge is -2.23. The van der Waals surface area contributed by atoms with E-state index < -0.39 is 28.0 Å². The molecular weight excluding hydrogens is 259 g/mol. The van der Waals surface area contributed by atoms with Crippen LogP contribution in [0.2, 0.25) is 0 Å². The van der Waals surface area contributed by atoms with Crippen molar-refractivity contribution in [1.29, 1.82) is 5.26 Å². The molecule has 0 spiro atoms. The van der Waals surface area contributed by atoms with Crippen molar-refractivity contribution in [3.8, 4) is 6.07 Å². The second-order valence-corrected chi connectivity index (χ2v) is 6.08. The number of rotatable bonds is 4. The maximum atomic E-state index is 13.1. The van der Waals surface area contributed by atoms with Gasteiger partial charge in [0.05, 0.1) is 22.6 Å². The van der Waals surface area contributed by atoms with E-state index in [9.17, 15) is 12.8 Å². The first-order chi connectivity index (χ1) is 8.22. The molecule has 0 saturated carbocycles. The Morgan fingerprint density at radius 1 is 1.50 bits per heavy atom. The van der Waals surface area contributed by atoms with Crippen LogP contribution in [0.4, 0.5) is 4.39 Å². The van der Waals surface area contributed by atoms with E-state index in [4.69, 9.17) is 10.4 Å². The van der Waals surface area contributed by atoms with Gasteiger partial charge in [0.2, 0.25) is 10.0 Å². The monoisotopic (exact) mass is 272 g/mol. The van der Waals surface area contributed by atoms with Gasteiger partial charge in [-0.3, -0.25) is 0 Å². The van der Waals surface area contributed by atoms with Crippen molar-refractivity contribution in [3.63, 3.8) is 0 Å². The van der Waals surface area contributed by atoms with Gasteiger partial charge in [-0.25, -0.2) is 17.5 Å². The van der Waals surface area contributed by atoms with Crippen LogP contribution in [0.25, 0.3) is 0 Å². The number of aliphatic hydroxyl groups is 1. The van der Waals surface area contributed by atoms with Gasteiger partial charge in [0, 0.05) is 0 Å². The molecule has 0 fully saturated rings. The molecule has 0 bridgehead atoms. The molecule has 0 radical (unpaired) electrons. The average Bonchev–Trinajstić information content (AvgIpc) is 2.28. The summed E-state index contributed by atoms with van der Waals surface area (Å²) in [5.74, 6) is -0.780. The van der Waals surface area contributed by atoms with Gasteiger partial charge < -0.3 is 5.11 Å². The molecule has 0 atom stereocenters. The molecule has 0 aliphatic carbocycles. The predicted molar refractivity (Wildman–Crippen MR) is 62.6 cm³/mol. The SMILES string of the molecule is CC(C)(CO)NS(=O)(=O)c1ccc(F)c(C#N)c1. The van der Waals surface area contributed by atoms with Crippen molar-refractivity contribution in [2.75, 3.05) is 6.61 Å². The van der Waals surface area contributed by atoms with Gasteiger partial charge in [-0.05, 0) is 32.0 Å². The molecule has 0 saturated heterocycles. The summed E-state index contributed by atoms with van der Waals surface area (Å²) in [6.45, 7) is 2.61. The standard InChI is InChI=1S/C11H13FN2O3S/c1-11(2,7-15)14-18(16,17)9-3-4-10(12)8(5-9)6-13/h3-5,14-15H,7H2,1-2H3. The van der Waals surface area contributed by atoms with E-state index in [1.165, 1.54) is 13.8 Å². The van der Waals surface area contributed by atoms with Crippen molar-refractivity contribution < 1.29 is 17.9 Å². The minimum atomic E-state index is -3.91. The molecule has 2 N–H and O–H groups in total. The fraction of sp³-hybridized carbons (Fsp3) is 0.364. The number of nitrogens with one attached hydrogen (secondary N) is 1. The lowest BCUT2D eigenvalue weighted by Crippen LogP contribution is -2.46. The van der Waals surface area contributed by atoms with Crippen LogP contribution in [0.1, 0.15) is 19.4 Å². The molecule has 0 aromatic heterocycles. The summed E-state index contributed by atoms with van der Waals surface area (Å²) in [6, 6.07) is 4.49. The van der Waals surface area contributed by atoms with Crippen molar-refractivity contribution >= 4 is 10.0 Å². The molecule has 1 aromatic carbocycles. The largest absolute Gasteiger partial charge is 0.394 e. The van der Waals surface area contributed by atoms with Gasteiger partial charge in [0.15, 0.2) is 0 Å². The molecule has 5 nitrogen and oxygen atoms in total. The third kappa shape index (κ3) is 3.26. The number of aliphatic hydroxyl groups excluding tert-OH is 1. The van der Waals surface area contributed by atoms with Gasteiger partial charge in [0.1, 0.15) is 11.9 Å². The van der Waals surface area contributed by atoms with E-state index in [-0.39, 0.29) is 10.5 Å². The zero-order valence-corrected chi connectivity index (χ0v) is 10.8. The van der Waals surface area contributed by atoms with Crippen LogP contribution in [0.3, 0.4) is 0 Å². The summed E-state index contributed by atoms with van der Waals surface area (Å²) < 4.78 is 39.2. The maximum absolute atomic E-state index is 13.1. The number of benzene rings is 1. The number of hydrogen-bond acceptors (Lipinski definition) is 4. The first kappa shape index (κ1) is 14.6. The number of halogens is 1. The van der Waals surface area contributed by atoms with Crippen LogP contribution in [-0.4, -0.2) is 25.7 Å². The molecule has 0 unspecified atom stereocenters. The lowest BCUT2D eigenvalue weighted by atomic mass is 10.1. The molecular formula is C11H13FN2O3S. The van der Waals surface area contributed by atoms with Crippen LogP contribution in [0.5, 0.6) is 0 Å². The van der Waals surface area contributed by atoms with E-state index in [0.717, 1.165) is 18.2 Å². The number of sulfonamides is 1. The number of nitrogens with zero attached hydrogens (tertiary/aromatic N) is 1. The second kappa shape index (κ2) is 5.02. The maximum Gasteiger partial charge on any atom is 0.241 e. The van der Waals surface area contributed by atoms with Crippen LogP contribution in [0, 0.1) is 17.1 Å². The summed E-state index contributed by atoms with van der Waals surface area (Å²) >= 11 is 0. The van der Waals surface area contributed by atoms with Crippen LogP contribution >= 0.6 is 0 Å². The van der Waals surface area contributed by atoms with Gasteiger partial charge in [-0.15, -0.1) is 0 Å². The topological polar surface area (TPSA) is 90.2 Å². The van der Waals surface area contributed by atoms with Crippen LogP contribution in [0.15, 0.2) is 23.1 Å². The van der Waals surface area contributed by atoms with Gasteiger partial charge in [-0.1, -0.05) is 0 Å². The minimum absolute atomic E-state index is 0.220. The number of nitriles is 1. The summed E-state index contributed by atoms with van der Waals surface area (Å²) in [4.78, 5) is -0.220. The Hall–Kier alpha value is -1.49. The van der Waals surface area contributed by atoms with Crippen molar-refractivity contribution in [1.82, 2.24) is 4.72 Å². The molecule has 0 amide bonds. The number of hydrogen-bond donors (Lipinski definition) is 2. The highest BCUT2D eigenvalue weighted by Crippen LogP contribution is 2.16. The highest BCUT2D eigenvalue weighted by Gasteiger charge is 2.26. The summed E-state index contributed by atoms with van der Waals surface area (Å²) in [5, 5.41) is 17.7. The normalized spacial score (nSPS) is 12.2. The van der Waals surface area contributed by atoms with E-state index in [1.54, 1.807) is 6.07 Å². The van der Waals surface area contributed by atoms with E-state index in [1.807, 2.05) is 0 Å². The molecule has 0 aliphatic heterocycles. The summed E-state index contributed by atoms with van der Waals surface area (Å²) in [7, 11) is -3.91. The van der Waals surface area contributed by atoms with Crippen LogP contribution < -0.4 is 4.72 Å². The smallest absolute Gasteiger partial charge is 0.241 e. The molecule has 98 valence electrons. The van der Waals surface area contributed by atoms with Gasteiger partial charge in [-0.2, -0.15) is 5.26 Å². The molecule has 1 aromatic rings. The first-order valence-electron chi connectivity index (χ1n) is 5.06. The molecule has 0 aliphatic rings. The Bertz CT molecular complexity index is 591. The summed E-state index contributed by atoms with van der Waals surface area (Å²) in [6.07, 6.45) is 0. The highest BCUT2D eigenvalue weighted by molar-refractivity contribution is 7.89. The van der Waals surface area contributed by atoms with E-state index in [0.29, 0.717) is 0 Å². The van der Waals surface area contributed by atoms with E-state index >= 15 is 0 Å². The minimum Gasteiger partial charge on any atom is -0.394 e. The van der Waals surface area contributed by atoms with Crippen LogP contribution in [-0.2, 0) is 10.0 Å². The Morgan fingerprint density at radius 3 is 2.61 bits per heavy atom. The Labute approximate surface area is 105 Å².